The van der Waals surface area contributed by atoms with E-state index in [2.05, 4.69) is 46.2 Å². The molecule has 8 heteroatoms. The molecule has 1 fully saturated rings. The van der Waals surface area contributed by atoms with Crippen LogP contribution in [0.4, 0.5) is 0 Å². The van der Waals surface area contributed by atoms with Crippen LogP contribution in [0.1, 0.15) is 25.7 Å². The standard InChI is InChI=1S/C19H29N5O2.ClH/c1-4-24(5-2)12-13-25-16-8-6-15(7-9-16)19-21-18(22-26-19)17-14-20-10-11-23(17)3;/h6-9,17,20H,4-5,10-14H2,1-3H3;1H. The highest BCUT2D eigenvalue weighted by atomic mass is 35.5. The Kier molecular flexibility index (Phi) is 8.50. The van der Waals surface area contributed by atoms with Gasteiger partial charge in [-0.1, -0.05) is 19.0 Å². The molecule has 0 bridgehead atoms. The minimum absolute atomic E-state index is 0. The van der Waals surface area contributed by atoms with Crippen LogP contribution in [-0.4, -0.2) is 72.9 Å². The molecule has 0 spiro atoms. The van der Waals surface area contributed by atoms with Gasteiger partial charge in [-0.25, -0.2) is 0 Å². The minimum Gasteiger partial charge on any atom is -0.492 e. The van der Waals surface area contributed by atoms with Crippen molar-refractivity contribution in [2.45, 2.75) is 19.9 Å². The molecule has 2 heterocycles. The number of hydrogen-bond donors (Lipinski definition) is 1. The largest absolute Gasteiger partial charge is 0.492 e. The first-order chi connectivity index (χ1) is 12.7. The molecule has 1 aromatic carbocycles. The lowest BCUT2D eigenvalue weighted by Crippen LogP contribution is -2.44. The molecule has 1 aliphatic heterocycles. The van der Waals surface area contributed by atoms with Gasteiger partial charge < -0.3 is 19.5 Å². The molecule has 1 aromatic heterocycles. The molecular weight excluding hydrogens is 366 g/mol. The van der Waals surface area contributed by atoms with Gasteiger partial charge in [0, 0.05) is 31.7 Å². The van der Waals surface area contributed by atoms with Gasteiger partial charge in [0.25, 0.3) is 5.89 Å². The fraction of sp³-hybridized carbons (Fsp3) is 0.579. The Morgan fingerprint density at radius 2 is 2.00 bits per heavy atom. The van der Waals surface area contributed by atoms with Crippen LogP contribution in [0.2, 0.25) is 0 Å². The Morgan fingerprint density at radius 1 is 1.26 bits per heavy atom. The number of ether oxygens (including phenoxy) is 1. The van der Waals surface area contributed by atoms with E-state index in [1.807, 2.05) is 24.3 Å². The summed E-state index contributed by atoms with van der Waals surface area (Å²) in [4.78, 5) is 9.17. The monoisotopic (exact) mass is 395 g/mol. The van der Waals surface area contributed by atoms with Gasteiger partial charge in [-0.15, -0.1) is 12.4 Å². The summed E-state index contributed by atoms with van der Waals surface area (Å²) in [5.41, 5.74) is 0.909. The molecule has 7 nitrogen and oxygen atoms in total. The molecule has 0 saturated carbocycles. The van der Waals surface area contributed by atoms with Gasteiger partial charge in [-0.05, 0) is 44.4 Å². The second-order valence-electron chi connectivity index (χ2n) is 6.56. The summed E-state index contributed by atoms with van der Waals surface area (Å²) in [6.07, 6.45) is 0. The summed E-state index contributed by atoms with van der Waals surface area (Å²) in [7, 11) is 2.09. The van der Waals surface area contributed by atoms with Crippen molar-refractivity contribution in [2.24, 2.45) is 0 Å². The van der Waals surface area contributed by atoms with Gasteiger partial charge in [0.05, 0.1) is 6.04 Å². The Hall–Kier alpha value is -1.67. The Balaban J connectivity index is 0.00000261. The van der Waals surface area contributed by atoms with Crippen molar-refractivity contribution >= 4 is 12.4 Å². The van der Waals surface area contributed by atoms with E-state index in [1.165, 1.54) is 0 Å². The van der Waals surface area contributed by atoms with E-state index in [9.17, 15) is 0 Å². The van der Waals surface area contributed by atoms with Crippen molar-refractivity contribution in [3.8, 4) is 17.2 Å². The first-order valence-electron chi connectivity index (χ1n) is 9.41. The van der Waals surface area contributed by atoms with Crippen molar-refractivity contribution in [2.75, 3.05) is 52.9 Å². The third-order valence-corrected chi connectivity index (χ3v) is 4.92. The summed E-state index contributed by atoms with van der Waals surface area (Å²) in [6.45, 7) is 10.9. The molecule has 0 radical (unpaired) electrons. The molecule has 1 saturated heterocycles. The fourth-order valence-electron chi connectivity index (χ4n) is 3.11. The SMILES string of the molecule is CCN(CC)CCOc1ccc(-c2nc(C3CNCCN3C)no2)cc1.Cl. The highest BCUT2D eigenvalue weighted by molar-refractivity contribution is 5.85. The maximum absolute atomic E-state index is 5.82. The topological polar surface area (TPSA) is 66.7 Å². The maximum atomic E-state index is 5.82. The summed E-state index contributed by atoms with van der Waals surface area (Å²) in [5, 5.41) is 7.55. The molecule has 1 N–H and O–H groups in total. The number of hydrogen-bond acceptors (Lipinski definition) is 7. The average Bonchev–Trinajstić information content (AvgIpc) is 3.16. The lowest BCUT2D eigenvalue weighted by Gasteiger charge is -2.30. The van der Waals surface area contributed by atoms with Crippen molar-refractivity contribution in [1.29, 1.82) is 0 Å². The number of rotatable bonds is 8. The highest BCUT2D eigenvalue weighted by Gasteiger charge is 2.25. The van der Waals surface area contributed by atoms with Crippen LogP contribution in [0, 0.1) is 0 Å². The quantitative estimate of drug-likeness (QED) is 0.736. The minimum atomic E-state index is 0. The summed E-state index contributed by atoms with van der Waals surface area (Å²) < 4.78 is 11.3. The van der Waals surface area contributed by atoms with Crippen LogP contribution in [0.25, 0.3) is 11.5 Å². The predicted molar refractivity (Wildman–Crippen MR) is 109 cm³/mol. The molecule has 2 aromatic rings. The van der Waals surface area contributed by atoms with Crippen molar-refractivity contribution in [3.05, 3.63) is 30.1 Å². The first-order valence-corrected chi connectivity index (χ1v) is 9.41. The van der Waals surface area contributed by atoms with Gasteiger partial charge in [-0.2, -0.15) is 4.98 Å². The van der Waals surface area contributed by atoms with Crippen LogP contribution in [0.3, 0.4) is 0 Å². The summed E-state index contributed by atoms with van der Waals surface area (Å²) >= 11 is 0. The smallest absolute Gasteiger partial charge is 0.257 e. The Bertz CT molecular complexity index is 675. The number of likely N-dealkylation sites (N-methyl/N-ethyl adjacent to an activating group) is 2. The second kappa shape index (κ2) is 10.6. The van der Waals surface area contributed by atoms with Crippen molar-refractivity contribution < 1.29 is 9.26 Å². The molecule has 3 rings (SSSR count). The second-order valence-corrected chi connectivity index (χ2v) is 6.56. The third kappa shape index (κ3) is 5.65. The van der Waals surface area contributed by atoms with Gasteiger partial charge in [0.1, 0.15) is 12.4 Å². The highest BCUT2D eigenvalue weighted by Crippen LogP contribution is 2.24. The van der Waals surface area contributed by atoms with E-state index in [1.54, 1.807) is 0 Å². The number of benzene rings is 1. The molecule has 1 aliphatic rings. The molecular formula is C19H30ClN5O2. The van der Waals surface area contributed by atoms with Crippen LogP contribution < -0.4 is 10.1 Å². The lowest BCUT2D eigenvalue weighted by molar-refractivity contribution is 0.190. The van der Waals surface area contributed by atoms with Crippen LogP contribution in [0.15, 0.2) is 28.8 Å². The van der Waals surface area contributed by atoms with Gasteiger partial charge >= 0.3 is 0 Å². The van der Waals surface area contributed by atoms with E-state index in [-0.39, 0.29) is 18.4 Å². The lowest BCUT2D eigenvalue weighted by atomic mass is 10.2. The van der Waals surface area contributed by atoms with Crippen molar-refractivity contribution in [3.63, 3.8) is 0 Å². The van der Waals surface area contributed by atoms with Crippen LogP contribution in [-0.2, 0) is 0 Å². The predicted octanol–water partition coefficient (Wildman–Crippen LogP) is 2.46. The van der Waals surface area contributed by atoms with Gasteiger partial charge in [0.2, 0.25) is 0 Å². The number of piperazine rings is 1. The number of nitrogens with one attached hydrogen (secondary N) is 1. The van der Waals surface area contributed by atoms with Crippen LogP contribution in [0.5, 0.6) is 5.75 Å². The van der Waals surface area contributed by atoms with Gasteiger partial charge in [-0.3, -0.25) is 4.90 Å². The summed E-state index contributed by atoms with van der Waals surface area (Å²) in [6, 6.07) is 7.99. The zero-order chi connectivity index (χ0) is 18.4. The number of nitrogens with zero attached hydrogens (tertiary/aromatic N) is 4. The molecule has 0 aliphatic carbocycles. The summed E-state index contributed by atoms with van der Waals surface area (Å²) in [5.74, 6) is 2.14. The van der Waals surface area contributed by atoms with Crippen LogP contribution >= 0.6 is 12.4 Å². The van der Waals surface area contributed by atoms with E-state index < -0.39 is 0 Å². The molecule has 1 atom stereocenters. The van der Waals surface area contributed by atoms with E-state index in [0.29, 0.717) is 12.5 Å². The van der Waals surface area contributed by atoms with E-state index in [0.717, 1.165) is 56.4 Å². The average molecular weight is 396 g/mol. The number of halogens is 1. The molecule has 0 amide bonds. The van der Waals surface area contributed by atoms with Crippen molar-refractivity contribution in [1.82, 2.24) is 25.3 Å². The Morgan fingerprint density at radius 3 is 2.67 bits per heavy atom. The number of aromatic nitrogens is 2. The molecule has 1 unspecified atom stereocenters. The zero-order valence-electron chi connectivity index (χ0n) is 16.4. The zero-order valence-corrected chi connectivity index (χ0v) is 17.2. The van der Waals surface area contributed by atoms with E-state index in [4.69, 9.17) is 9.26 Å². The fourth-order valence-corrected chi connectivity index (χ4v) is 3.11. The Labute approximate surface area is 167 Å². The molecule has 27 heavy (non-hydrogen) atoms. The molecule has 150 valence electrons. The third-order valence-electron chi connectivity index (χ3n) is 4.92. The maximum Gasteiger partial charge on any atom is 0.257 e. The van der Waals surface area contributed by atoms with Gasteiger partial charge in [0.15, 0.2) is 5.82 Å². The van der Waals surface area contributed by atoms with E-state index >= 15 is 0 Å². The normalized spacial score (nSPS) is 17.7. The first kappa shape index (κ1) is 21.6.